The number of aromatic nitrogens is 2. The van der Waals surface area contributed by atoms with Gasteiger partial charge < -0.3 is 4.57 Å². The van der Waals surface area contributed by atoms with E-state index in [1.807, 2.05) is 6.08 Å². The second kappa shape index (κ2) is 5.27. The van der Waals surface area contributed by atoms with Crippen LogP contribution in [0.1, 0.15) is 44.0 Å². The number of nitrogens with zero attached hydrogens (tertiary/aromatic N) is 3. The van der Waals surface area contributed by atoms with Gasteiger partial charge in [-0.25, -0.2) is 4.79 Å². The summed E-state index contributed by atoms with van der Waals surface area (Å²) >= 11 is 0. The van der Waals surface area contributed by atoms with Crippen LogP contribution in [0.15, 0.2) is 21.7 Å². The van der Waals surface area contributed by atoms with Gasteiger partial charge in [0.15, 0.2) is 5.78 Å². The molecule has 2 aliphatic carbocycles. The van der Waals surface area contributed by atoms with E-state index in [0.29, 0.717) is 17.9 Å². The van der Waals surface area contributed by atoms with Crippen LogP contribution in [-0.4, -0.2) is 32.4 Å². The Balaban J connectivity index is 2.00. The van der Waals surface area contributed by atoms with Crippen LogP contribution in [-0.2, 0) is 25.3 Å². The lowest BCUT2D eigenvalue weighted by Crippen LogP contribution is -2.44. The van der Waals surface area contributed by atoms with Crippen LogP contribution in [0.3, 0.4) is 0 Å². The molecule has 0 N–H and O–H groups in total. The summed E-state index contributed by atoms with van der Waals surface area (Å²) in [4.78, 5) is 40.8. The fourth-order valence-electron chi connectivity index (χ4n) is 5.20. The lowest BCUT2D eigenvalue weighted by molar-refractivity contribution is -0.124. The molecule has 4 rings (SSSR count). The van der Waals surface area contributed by atoms with E-state index in [4.69, 9.17) is 0 Å². The fraction of sp³-hybridized carbons (Fsp3) is 0.632. The van der Waals surface area contributed by atoms with Crippen molar-refractivity contribution in [3.63, 3.8) is 0 Å². The highest BCUT2D eigenvalue weighted by Gasteiger charge is 2.62. The molecular weight excluding hydrogens is 318 g/mol. The van der Waals surface area contributed by atoms with Gasteiger partial charge in [-0.15, -0.1) is 0 Å². The highest BCUT2D eigenvalue weighted by atomic mass is 16.2. The monoisotopic (exact) mass is 343 g/mol. The van der Waals surface area contributed by atoms with E-state index in [2.05, 4.69) is 18.7 Å². The Morgan fingerprint density at radius 3 is 2.60 bits per heavy atom. The summed E-state index contributed by atoms with van der Waals surface area (Å²) in [5, 5.41) is 0. The molecule has 3 atom stereocenters. The molecular formula is C19H25N3O3. The van der Waals surface area contributed by atoms with E-state index in [0.717, 1.165) is 25.1 Å². The molecule has 1 aliphatic heterocycles. The lowest BCUT2D eigenvalue weighted by Gasteiger charge is -2.34. The molecule has 25 heavy (non-hydrogen) atoms. The second-order valence-corrected chi connectivity index (χ2v) is 8.25. The zero-order chi connectivity index (χ0) is 18.1. The summed E-state index contributed by atoms with van der Waals surface area (Å²) in [5.74, 6) is 0.550. The van der Waals surface area contributed by atoms with Gasteiger partial charge in [-0.3, -0.25) is 19.1 Å². The van der Waals surface area contributed by atoms with Gasteiger partial charge in [-0.05, 0) is 24.8 Å². The average molecular weight is 343 g/mol. The van der Waals surface area contributed by atoms with Crippen molar-refractivity contribution in [3.05, 3.63) is 44.2 Å². The Labute approximate surface area is 146 Å². The van der Waals surface area contributed by atoms with Gasteiger partial charge in [-0.1, -0.05) is 19.9 Å². The van der Waals surface area contributed by atoms with Gasteiger partial charge in [0.05, 0.1) is 17.0 Å². The molecule has 1 fully saturated rings. The van der Waals surface area contributed by atoms with Crippen LogP contribution in [0.2, 0.25) is 0 Å². The number of carbonyl (C=O) groups is 1. The Bertz CT molecular complexity index is 908. The molecule has 6 nitrogen and oxygen atoms in total. The van der Waals surface area contributed by atoms with Crippen LogP contribution in [0, 0.1) is 11.3 Å². The smallest absolute Gasteiger partial charge is 0.300 e. The summed E-state index contributed by atoms with van der Waals surface area (Å²) in [5.41, 5.74) is 0.262. The lowest BCUT2D eigenvalue weighted by atomic mass is 9.76. The molecule has 1 aromatic heterocycles. The third kappa shape index (κ3) is 2.03. The van der Waals surface area contributed by atoms with Crippen LogP contribution in [0.4, 0.5) is 0 Å². The Kier molecular flexibility index (Phi) is 3.48. The topological polar surface area (TPSA) is 64.3 Å². The Morgan fingerprint density at radius 2 is 1.92 bits per heavy atom. The molecule has 2 bridgehead atoms. The van der Waals surface area contributed by atoms with E-state index < -0.39 is 5.41 Å². The van der Waals surface area contributed by atoms with E-state index in [-0.39, 0.29) is 29.1 Å². The first-order valence-electron chi connectivity index (χ1n) is 9.03. The van der Waals surface area contributed by atoms with E-state index in [1.54, 1.807) is 17.7 Å². The maximum absolute atomic E-state index is 13.1. The average Bonchev–Trinajstić information content (AvgIpc) is 2.97. The summed E-state index contributed by atoms with van der Waals surface area (Å²) in [6.07, 6.45) is 5.78. The molecule has 0 saturated carbocycles. The van der Waals surface area contributed by atoms with Crippen molar-refractivity contribution in [3.8, 4) is 0 Å². The molecule has 0 radical (unpaired) electrons. The van der Waals surface area contributed by atoms with E-state index >= 15 is 0 Å². The van der Waals surface area contributed by atoms with Crippen molar-refractivity contribution in [1.82, 2.24) is 14.0 Å². The maximum atomic E-state index is 13.1. The second-order valence-electron chi connectivity index (χ2n) is 8.25. The summed E-state index contributed by atoms with van der Waals surface area (Å²) in [7, 11) is 3.23. The van der Waals surface area contributed by atoms with Crippen LogP contribution < -0.4 is 11.2 Å². The number of carbonyl (C=O) groups excluding carboxylic acids is 1. The first-order valence-corrected chi connectivity index (χ1v) is 9.03. The molecule has 0 amide bonds. The van der Waals surface area contributed by atoms with Crippen LogP contribution >= 0.6 is 0 Å². The normalized spacial score (nSPS) is 30.7. The predicted octanol–water partition coefficient (Wildman–Crippen LogP) is 0.927. The first kappa shape index (κ1) is 16.5. The molecule has 1 spiro atoms. The summed E-state index contributed by atoms with van der Waals surface area (Å²) in [6.45, 7) is 5.17. The molecule has 0 unspecified atom stereocenters. The standard InChI is InChI=1S/C19H25N3O3/c1-11(2)10-22-12-6-5-7-14(23)19(8-12)9-13-15(16(19)22)17(24)21(4)18(25)20(13)3/h5,7,11-12,16H,6,8-10H2,1-4H3/t12-,16-,19+/m0/s1. The van der Waals surface area contributed by atoms with E-state index in [1.165, 1.54) is 11.6 Å². The zero-order valence-electron chi connectivity index (χ0n) is 15.3. The molecule has 3 aliphatic rings. The van der Waals surface area contributed by atoms with Crippen molar-refractivity contribution in [2.75, 3.05) is 6.54 Å². The van der Waals surface area contributed by atoms with Gasteiger partial charge >= 0.3 is 5.69 Å². The number of allylic oxidation sites excluding steroid dienone is 1. The highest BCUT2D eigenvalue weighted by molar-refractivity contribution is 5.97. The van der Waals surface area contributed by atoms with Crippen molar-refractivity contribution in [1.29, 1.82) is 0 Å². The molecule has 1 saturated heterocycles. The molecule has 6 heteroatoms. The third-order valence-electron chi connectivity index (χ3n) is 6.25. The van der Waals surface area contributed by atoms with Gasteiger partial charge in [0, 0.05) is 38.8 Å². The number of ketones is 1. The number of fused-ring (bicyclic) bond motifs is 3. The predicted molar refractivity (Wildman–Crippen MR) is 94.5 cm³/mol. The SMILES string of the molecule is CC(C)CN1[C@H]2CC=CC(=O)[C@]3(Cc4c(c(=O)n(C)c(=O)n4C)[C@H]13)C2. The van der Waals surface area contributed by atoms with Crippen LogP contribution in [0.5, 0.6) is 0 Å². The minimum absolute atomic E-state index is 0.108. The Hall–Kier alpha value is -1.95. The minimum Gasteiger partial charge on any atom is -0.300 e. The first-order chi connectivity index (χ1) is 11.8. The van der Waals surface area contributed by atoms with Crippen LogP contribution in [0.25, 0.3) is 0 Å². The number of likely N-dealkylation sites (tertiary alicyclic amines) is 1. The van der Waals surface area contributed by atoms with Gasteiger partial charge in [0.25, 0.3) is 5.56 Å². The van der Waals surface area contributed by atoms with Crippen molar-refractivity contribution in [2.45, 2.75) is 45.2 Å². The largest absolute Gasteiger partial charge is 0.330 e. The summed E-state index contributed by atoms with van der Waals surface area (Å²) < 4.78 is 2.75. The maximum Gasteiger partial charge on any atom is 0.330 e. The third-order valence-corrected chi connectivity index (χ3v) is 6.25. The van der Waals surface area contributed by atoms with Gasteiger partial charge in [0.1, 0.15) is 0 Å². The van der Waals surface area contributed by atoms with Crippen molar-refractivity contribution < 1.29 is 4.79 Å². The highest BCUT2D eigenvalue weighted by Crippen LogP contribution is 2.58. The quantitative estimate of drug-likeness (QED) is 0.801. The number of hydrogen-bond acceptors (Lipinski definition) is 4. The molecule has 2 heterocycles. The fourth-order valence-corrected chi connectivity index (χ4v) is 5.20. The Morgan fingerprint density at radius 1 is 1.20 bits per heavy atom. The van der Waals surface area contributed by atoms with Gasteiger partial charge in [0.2, 0.25) is 0 Å². The number of rotatable bonds is 2. The van der Waals surface area contributed by atoms with E-state index in [9.17, 15) is 14.4 Å². The molecule has 1 aromatic rings. The molecule has 134 valence electrons. The minimum atomic E-state index is -0.591. The number of hydrogen-bond donors (Lipinski definition) is 0. The van der Waals surface area contributed by atoms with Gasteiger partial charge in [-0.2, -0.15) is 0 Å². The summed E-state index contributed by atoms with van der Waals surface area (Å²) in [6, 6.07) is 0.0723. The van der Waals surface area contributed by atoms with Crippen molar-refractivity contribution >= 4 is 5.78 Å². The zero-order valence-corrected chi connectivity index (χ0v) is 15.3. The molecule has 0 aromatic carbocycles. The van der Waals surface area contributed by atoms with Crippen molar-refractivity contribution in [2.24, 2.45) is 25.4 Å².